The molecule has 0 aliphatic carbocycles. The zero-order valence-electron chi connectivity index (χ0n) is 21.8. The minimum absolute atomic E-state index is 0.0200. The molecule has 0 aromatic heterocycles. The molecule has 8 heteroatoms. The third kappa shape index (κ3) is 6.20. The second-order valence-corrected chi connectivity index (χ2v) is 11.2. The first-order valence-corrected chi connectivity index (χ1v) is 14.1. The number of rotatable bonds is 8. The molecule has 1 unspecified atom stereocenters. The van der Waals surface area contributed by atoms with E-state index in [1.54, 1.807) is 12.1 Å². The van der Waals surface area contributed by atoms with E-state index in [1.807, 2.05) is 11.9 Å². The number of hydrogen-bond acceptors (Lipinski definition) is 5. The number of aryl methyl sites for hydroxylation is 3. The summed E-state index contributed by atoms with van der Waals surface area (Å²) in [5, 5.41) is 9.53. The third-order valence-electron chi connectivity index (χ3n) is 6.52. The molecule has 2 N–H and O–H groups in total. The number of carbonyl (C=O) groups is 1. The highest BCUT2D eigenvalue weighted by Crippen LogP contribution is 2.37. The highest BCUT2D eigenvalue weighted by molar-refractivity contribution is 7.90. The summed E-state index contributed by atoms with van der Waals surface area (Å²) < 4.78 is 27.5. The molecule has 3 aromatic carbocycles. The number of nitrogens with one attached hydrogen (secondary N) is 2. The van der Waals surface area contributed by atoms with Crippen LogP contribution in [0.1, 0.15) is 60.0 Å². The molecule has 7 nitrogen and oxygen atoms in total. The zero-order valence-corrected chi connectivity index (χ0v) is 22.6. The first-order chi connectivity index (χ1) is 17.7. The van der Waals surface area contributed by atoms with Crippen LogP contribution in [-0.2, 0) is 10.0 Å². The summed E-state index contributed by atoms with van der Waals surface area (Å²) in [4.78, 5) is 12.0. The number of carbonyl (C=O) groups excluding carboxylic acids is 1. The van der Waals surface area contributed by atoms with Crippen LogP contribution in [0.25, 0.3) is 0 Å². The maximum atomic E-state index is 12.7. The van der Waals surface area contributed by atoms with Gasteiger partial charge in [0.25, 0.3) is 10.0 Å². The summed E-state index contributed by atoms with van der Waals surface area (Å²) >= 11 is 0. The van der Waals surface area contributed by atoms with Crippen molar-refractivity contribution in [2.45, 2.75) is 57.9 Å². The molecule has 1 heterocycles. The van der Waals surface area contributed by atoms with Crippen molar-refractivity contribution < 1.29 is 13.2 Å². The standard InChI is InChI=1S/C29H34N4O3S/c1-5-6-17-30-29(34)32-37(35,36)25-14-12-24(13-15-25)33-28(23-10-7-20(2)8-11-23)19-27(31-33)26-16-9-21(3)18-22(26)4/h7-16,18,28H,5-6,17,19H2,1-4H3,(H2,30,32,34). The summed E-state index contributed by atoms with van der Waals surface area (Å²) in [5.74, 6) is 0. The first kappa shape index (κ1) is 26.4. The Morgan fingerprint density at radius 1 is 0.973 bits per heavy atom. The Morgan fingerprint density at radius 2 is 1.65 bits per heavy atom. The van der Waals surface area contributed by atoms with E-state index < -0.39 is 16.1 Å². The number of nitrogens with zero attached hydrogens (tertiary/aromatic N) is 2. The van der Waals surface area contributed by atoms with E-state index in [1.165, 1.54) is 28.8 Å². The van der Waals surface area contributed by atoms with Crippen molar-refractivity contribution in [1.29, 1.82) is 0 Å². The lowest BCUT2D eigenvalue weighted by atomic mass is 9.95. The van der Waals surface area contributed by atoms with Crippen LogP contribution in [0, 0.1) is 20.8 Å². The molecule has 1 atom stereocenters. The Kier molecular flexibility index (Phi) is 7.97. The first-order valence-electron chi connectivity index (χ1n) is 12.6. The van der Waals surface area contributed by atoms with Crippen LogP contribution in [0.2, 0.25) is 0 Å². The maximum absolute atomic E-state index is 12.7. The van der Waals surface area contributed by atoms with Gasteiger partial charge in [-0.05, 0) is 62.6 Å². The van der Waals surface area contributed by atoms with Crippen molar-refractivity contribution in [3.8, 4) is 0 Å². The van der Waals surface area contributed by atoms with Crippen molar-refractivity contribution in [1.82, 2.24) is 10.0 Å². The van der Waals surface area contributed by atoms with E-state index in [-0.39, 0.29) is 10.9 Å². The van der Waals surface area contributed by atoms with Crippen LogP contribution in [0.15, 0.2) is 76.7 Å². The number of hydrazone groups is 1. The molecule has 0 saturated heterocycles. The second-order valence-electron chi connectivity index (χ2n) is 9.55. The van der Waals surface area contributed by atoms with Gasteiger partial charge >= 0.3 is 6.03 Å². The summed E-state index contributed by atoms with van der Waals surface area (Å²) in [6, 6.07) is 20.5. The molecule has 37 heavy (non-hydrogen) atoms. The predicted octanol–water partition coefficient (Wildman–Crippen LogP) is 5.76. The number of anilines is 1. The zero-order chi connectivity index (χ0) is 26.6. The van der Waals surface area contributed by atoms with Gasteiger partial charge < -0.3 is 5.32 Å². The minimum Gasteiger partial charge on any atom is -0.337 e. The molecule has 0 radical (unpaired) electrons. The third-order valence-corrected chi connectivity index (χ3v) is 7.87. The Hall–Kier alpha value is -3.65. The average molecular weight is 519 g/mol. The van der Waals surface area contributed by atoms with E-state index in [0.717, 1.165) is 41.8 Å². The summed E-state index contributed by atoms with van der Waals surface area (Å²) in [5.41, 5.74) is 7.58. The molecule has 0 bridgehead atoms. The Morgan fingerprint density at radius 3 is 2.30 bits per heavy atom. The van der Waals surface area contributed by atoms with Crippen LogP contribution in [0.3, 0.4) is 0 Å². The van der Waals surface area contributed by atoms with Crippen LogP contribution in [0.5, 0.6) is 0 Å². The number of hydrogen-bond donors (Lipinski definition) is 2. The Balaban J connectivity index is 1.62. The SMILES string of the molecule is CCCCNC(=O)NS(=O)(=O)c1ccc(N2N=C(c3ccc(C)cc3C)CC2c2ccc(C)cc2)cc1. The molecule has 0 saturated carbocycles. The van der Waals surface area contributed by atoms with Crippen LogP contribution in [0.4, 0.5) is 10.5 Å². The van der Waals surface area contributed by atoms with Gasteiger partial charge in [0, 0.05) is 18.5 Å². The summed E-state index contributed by atoms with van der Waals surface area (Å²) in [6.07, 6.45) is 2.42. The lowest BCUT2D eigenvalue weighted by Crippen LogP contribution is -2.39. The summed E-state index contributed by atoms with van der Waals surface area (Å²) in [7, 11) is -3.99. The molecular formula is C29H34N4O3S. The van der Waals surface area contributed by atoms with Gasteiger partial charge in [-0.1, -0.05) is 66.9 Å². The number of benzene rings is 3. The van der Waals surface area contributed by atoms with E-state index >= 15 is 0 Å². The Labute approximate surface area is 219 Å². The molecular weight excluding hydrogens is 484 g/mol. The van der Waals surface area contributed by atoms with E-state index in [2.05, 4.69) is 73.3 Å². The van der Waals surface area contributed by atoms with Crippen molar-refractivity contribution in [3.05, 3.63) is 94.5 Å². The fourth-order valence-corrected chi connectivity index (χ4v) is 5.40. The van der Waals surface area contributed by atoms with Crippen molar-refractivity contribution in [2.75, 3.05) is 11.6 Å². The lowest BCUT2D eigenvalue weighted by molar-refractivity contribution is 0.245. The quantitative estimate of drug-likeness (QED) is 0.371. The molecule has 2 amide bonds. The van der Waals surface area contributed by atoms with Crippen molar-refractivity contribution in [3.63, 3.8) is 0 Å². The minimum atomic E-state index is -3.99. The number of unbranched alkanes of at least 4 members (excludes halogenated alkanes) is 1. The normalized spacial score (nSPS) is 15.4. The largest absolute Gasteiger partial charge is 0.337 e. The van der Waals surface area contributed by atoms with Crippen molar-refractivity contribution in [2.24, 2.45) is 5.10 Å². The van der Waals surface area contributed by atoms with Gasteiger partial charge in [0.05, 0.1) is 22.3 Å². The molecule has 0 spiro atoms. The molecule has 1 aliphatic heterocycles. The topological polar surface area (TPSA) is 90.9 Å². The van der Waals surface area contributed by atoms with Gasteiger partial charge in [-0.3, -0.25) is 5.01 Å². The van der Waals surface area contributed by atoms with Gasteiger partial charge in [-0.15, -0.1) is 0 Å². The highest BCUT2D eigenvalue weighted by atomic mass is 32.2. The van der Waals surface area contributed by atoms with Crippen LogP contribution in [-0.4, -0.2) is 26.7 Å². The van der Waals surface area contributed by atoms with E-state index in [4.69, 9.17) is 5.10 Å². The fraction of sp³-hybridized carbons (Fsp3) is 0.310. The van der Waals surface area contributed by atoms with Crippen LogP contribution >= 0.6 is 0 Å². The van der Waals surface area contributed by atoms with Crippen molar-refractivity contribution >= 4 is 27.5 Å². The summed E-state index contributed by atoms with van der Waals surface area (Å²) in [6.45, 7) is 8.65. The van der Waals surface area contributed by atoms with E-state index in [0.29, 0.717) is 6.54 Å². The van der Waals surface area contributed by atoms with Gasteiger partial charge in [-0.25, -0.2) is 17.9 Å². The predicted molar refractivity (Wildman–Crippen MR) is 149 cm³/mol. The van der Waals surface area contributed by atoms with Crippen LogP contribution < -0.4 is 15.0 Å². The second kappa shape index (κ2) is 11.2. The fourth-order valence-electron chi connectivity index (χ4n) is 4.47. The smallest absolute Gasteiger partial charge is 0.328 e. The Bertz CT molecular complexity index is 1400. The number of amides is 2. The highest BCUT2D eigenvalue weighted by Gasteiger charge is 2.31. The van der Waals surface area contributed by atoms with Gasteiger partial charge in [0.1, 0.15) is 0 Å². The monoisotopic (exact) mass is 518 g/mol. The van der Waals surface area contributed by atoms with E-state index in [9.17, 15) is 13.2 Å². The number of sulfonamides is 1. The van der Waals surface area contributed by atoms with Gasteiger partial charge in [-0.2, -0.15) is 5.10 Å². The number of urea groups is 1. The molecule has 194 valence electrons. The van der Waals surface area contributed by atoms with Gasteiger partial charge in [0.2, 0.25) is 0 Å². The lowest BCUT2D eigenvalue weighted by Gasteiger charge is -2.24. The average Bonchev–Trinajstić information content (AvgIpc) is 3.29. The molecule has 1 aliphatic rings. The molecule has 4 rings (SSSR count). The molecule has 3 aromatic rings. The molecule has 0 fully saturated rings. The van der Waals surface area contributed by atoms with Gasteiger partial charge in [0.15, 0.2) is 0 Å². The maximum Gasteiger partial charge on any atom is 0.328 e.